The summed E-state index contributed by atoms with van der Waals surface area (Å²) in [5.41, 5.74) is 7.66. The van der Waals surface area contributed by atoms with Crippen LogP contribution in [0.4, 0.5) is 5.69 Å². The number of amidine groups is 1. The van der Waals surface area contributed by atoms with Crippen LogP contribution >= 0.6 is 31.9 Å². The van der Waals surface area contributed by atoms with E-state index < -0.39 is 0 Å². The summed E-state index contributed by atoms with van der Waals surface area (Å²) in [6.45, 7) is 2.90. The lowest BCUT2D eigenvalue weighted by Crippen LogP contribution is -2.12. The molecule has 0 spiro atoms. The molecule has 0 aromatic heterocycles. The quantitative estimate of drug-likeness (QED) is 0.231. The lowest BCUT2D eigenvalue weighted by Gasteiger charge is -2.11. The van der Waals surface area contributed by atoms with Crippen LogP contribution in [0.2, 0.25) is 0 Å². The van der Waals surface area contributed by atoms with Crippen LogP contribution in [0.1, 0.15) is 24.8 Å². The molecule has 100 valence electrons. The minimum Gasteiger partial charge on any atom is -0.409 e. The maximum atomic E-state index is 8.40. The third-order valence-corrected chi connectivity index (χ3v) is 3.73. The highest BCUT2D eigenvalue weighted by Gasteiger charge is 2.05. The van der Waals surface area contributed by atoms with Gasteiger partial charge in [0.25, 0.3) is 0 Å². The number of nitrogens with one attached hydrogen (secondary N) is 1. The molecule has 0 bridgehead atoms. The van der Waals surface area contributed by atoms with E-state index in [-0.39, 0.29) is 5.84 Å². The maximum Gasteiger partial charge on any atom is 0.139 e. The van der Waals surface area contributed by atoms with Crippen LogP contribution in [0.15, 0.2) is 26.2 Å². The Morgan fingerprint density at radius 1 is 1.33 bits per heavy atom. The maximum absolute atomic E-state index is 8.40. The Morgan fingerprint density at radius 2 is 1.94 bits per heavy atom. The summed E-state index contributed by atoms with van der Waals surface area (Å²) in [4.78, 5) is 0. The summed E-state index contributed by atoms with van der Waals surface area (Å²) in [6, 6.07) is 4.15. The van der Waals surface area contributed by atoms with Gasteiger partial charge in [0.05, 0.1) is 5.69 Å². The van der Waals surface area contributed by atoms with E-state index in [0.717, 1.165) is 34.0 Å². The van der Waals surface area contributed by atoms with Crippen LogP contribution in [-0.2, 0) is 0 Å². The van der Waals surface area contributed by atoms with Crippen molar-refractivity contribution in [1.29, 1.82) is 0 Å². The summed E-state index contributed by atoms with van der Waals surface area (Å²) >= 11 is 7.07. The molecule has 4 N–H and O–H groups in total. The molecule has 0 amide bonds. The molecule has 0 saturated carbocycles. The fourth-order valence-electron chi connectivity index (χ4n) is 1.56. The van der Waals surface area contributed by atoms with E-state index >= 15 is 0 Å². The molecule has 1 aromatic rings. The minimum atomic E-state index is 0.285. The number of anilines is 1. The van der Waals surface area contributed by atoms with Crippen LogP contribution in [0.5, 0.6) is 0 Å². The summed E-state index contributed by atoms with van der Waals surface area (Å²) in [6.07, 6.45) is 2.47. The van der Waals surface area contributed by atoms with Gasteiger partial charge in [-0.25, -0.2) is 0 Å². The van der Waals surface area contributed by atoms with Crippen molar-refractivity contribution in [1.82, 2.24) is 0 Å². The van der Waals surface area contributed by atoms with Gasteiger partial charge in [-0.3, -0.25) is 0 Å². The first-order valence-corrected chi connectivity index (χ1v) is 7.29. The van der Waals surface area contributed by atoms with Gasteiger partial charge >= 0.3 is 0 Å². The van der Waals surface area contributed by atoms with Crippen molar-refractivity contribution in [2.24, 2.45) is 10.9 Å². The third-order valence-electron chi connectivity index (χ3n) is 2.48. The normalized spacial score (nSPS) is 11.6. The molecule has 1 rings (SSSR count). The van der Waals surface area contributed by atoms with Gasteiger partial charge in [-0.05, 0) is 69.3 Å². The van der Waals surface area contributed by atoms with E-state index in [0.29, 0.717) is 6.42 Å². The topological polar surface area (TPSA) is 70.6 Å². The lowest BCUT2D eigenvalue weighted by atomic mass is 10.2. The van der Waals surface area contributed by atoms with Crippen LogP contribution < -0.4 is 11.1 Å². The van der Waals surface area contributed by atoms with E-state index in [4.69, 9.17) is 10.9 Å². The van der Waals surface area contributed by atoms with E-state index in [1.54, 1.807) is 0 Å². The first-order valence-electron chi connectivity index (χ1n) is 5.70. The molecule has 0 radical (unpaired) electrons. The standard InChI is InChI=1S/C12H17Br2N3O/c1-8-6-9(13)12(10(14)7-8)16-5-3-2-4-11(15)17-18/h6-7,16,18H,2-5H2,1H3,(H2,15,17). The summed E-state index contributed by atoms with van der Waals surface area (Å²) < 4.78 is 2.09. The molecule has 0 aliphatic rings. The molecular weight excluding hydrogens is 362 g/mol. The highest BCUT2D eigenvalue weighted by atomic mass is 79.9. The third kappa shape index (κ3) is 4.86. The van der Waals surface area contributed by atoms with Crippen LogP contribution in [-0.4, -0.2) is 17.6 Å². The van der Waals surface area contributed by atoms with Crippen molar-refractivity contribution in [2.45, 2.75) is 26.2 Å². The van der Waals surface area contributed by atoms with Crippen molar-refractivity contribution in [3.63, 3.8) is 0 Å². The zero-order chi connectivity index (χ0) is 13.5. The van der Waals surface area contributed by atoms with Crippen molar-refractivity contribution in [3.8, 4) is 0 Å². The highest BCUT2D eigenvalue weighted by molar-refractivity contribution is 9.11. The van der Waals surface area contributed by atoms with E-state index in [1.807, 2.05) is 0 Å². The van der Waals surface area contributed by atoms with Crippen molar-refractivity contribution in [2.75, 3.05) is 11.9 Å². The molecular formula is C12H17Br2N3O. The first-order chi connectivity index (χ1) is 8.54. The van der Waals surface area contributed by atoms with Crippen LogP contribution in [0.25, 0.3) is 0 Å². The Morgan fingerprint density at radius 3 is 2.50 bits per heavy atom. The number of halogens is 2. The van der Waals surface area contributed by atoms with Gasteiger partial charge in [0.15, 0.2) is 0 Å². The smallest absolute Gasteiger partial charge is 0.139 e. The Hall–Kier alpha value is -0.750. The molecule has 6 heteroatoms. The number of nitrogens with zero attached hydrogens (tertiary/aromatic N) is 1. The number of hydrogen-bond donors (Lipinski definition) is 3. The van der Waals surface area contributed by atoms with Crippen molar-refractivity contribution >= 4 is 43.4 Å². The van der Waals surface area contributed by atoms with Gasteiger partial charge in [-0.2, -0.15) is 0 Å². The van der Waals surface area contributed by atoms with Gasteiger partial charge in [-0.1, -0.05) is 5.16 Å². The Labute approximate surface area is 124 Å². The van der Waals surface area contributed by atoms with Gasteiger partial charge in [-0.15, -0.1) is 0 Å². The molecule has 0 heterocycles. The monoisotopic (exact) mass is 377 g/mol. The number of rotatable bonds is 6. The molecule has 0 saturated heterocycles. The van der Waals surface area contributed by atoms with E-state index in [1.165, 1.54) is 5.56 Å². The number of benzene rings is 1. The number of hydrogen-bond acceptors (Lipinski definition) is 3. The average molecular weight is 379 g/mol. The number of aryl methyl sites for hydroxylation is 1. The molecule has 0 aliphatic heterocycles. The molecule has 0 aliphatic carbocycles. The SMILES string of the molecule is Cc1cc(Br)c(NCCCCC(N)=NO)c(Br)c1. The zero-order valence-electron chi connectivity index (χ0n) is 10.2. The summed E-state index contributed by atoms with van der Waals surface area (Å²) in [5.74, 6) is 0.285. The molecule has 18 heavy (non-hydrogen) atoms. The van der Waals surface area contributed by atoms with E-state index in [2.05, 4.69) is 61.4 Å². The lowest BCUT2D eigenvalue weighted by molar-refractivity contribution is 0.316. The van der Waals surface area contributed by atoms with Gasteiger partial charge < -0.3 is 16.3 Å². The minimum absolute atomic E-state index is 0.285. The van der Waals surface area contributed by atoms with E-state index in [9.17, 15) is 0 Å². The summed E-state index contributed by atoms with van der Waals surface area (Å²) in [7, 11) is 0. The summed E-state index contributed by atoms with van der Waals surface area (Å²) in [5, 5.41) is 14.7. The second-order valence-electron chi connectivity index (χ2n) is 4.08. The Kier molecular flexibility index (Phi) is 6.49. The molecule has 1 aromatic carbocycles. The van der Waals surface area contributed by atoms with Crippen LogP contribution in [0, 0.1) is 6.92 Å². The largest absolute Gasteiger partial charge is 0.409 e. The number of unbranched alkanes of at least 4 members (excludes halogenated alkanes) is 1. The fraction of sp³-hybridized carbons (Fsp3) is 0.417. The second-order valence-corrected chi connectivity index (χ2v) is 5.79. The van der Waals surface area contributed by atoms with Gasteiger partial charge in [0.1, 0.15) is 5.84 Å². The average Bonchev–Trinajstić information content (AvgIpc) is 2.31. The molecule has 0 fully saturated rings. The van der Waals surface area contributed by atoms with Crippen molar-refractivity contribution < 1.29 is 5.21 Å². The predicted octanol–water partition coefficient (Wildman–Crippen LogP) is 3.85. The van der Waals surface area contributed by atoms with Gasteiger partial charge in [0.2, 0.25) is 0 Å². The van der Waals surface area contributed by atoms with Crippen molar-refractivity contribution in [3.05, 3.63) is 26.6 Å². The first kappa shape index (κ1) is 15.3. The van der Waals surface area contributed by atoms with Crippen LogP contribution in [0.3, 0.4) is 0 Å². The zero-order valence-corrected chi connectivity index (χ0v) is 13.4. The molecule has 0 unspecified atom stereocenters. The predicted molar refractivity (Wildman–Crippen MR) is 82.3 cm³/mol. The molecule has 4 nitrogen and oxygen atoms in total. The number of nitrogens with two attached hydrogens (primary N) is 1. The Bertz CT molecular complexity index is 412. The van der Waals surface area contributed by atoms with Gasteiger partial charge in [0, 0.05) is 21.9 Å². The second kappa shape index (κ2) is 7.63. The highest BCUT2D eigenvalue weighted by Crippen LogP contribution is 2.32. The number of oxime groups is 1. The Balaban J connectivity index is 2.40. The molecule has 0 atom stereocenters. The fourth-order valence-corrected chi connectivity index (χ4v) is 3.26.